The maximum atomic E-state index is 14.3. The predicted octanol–water partition coefficient (Wildman–Crippen LogP) is 4.75. The molecule has 31 heavy (non-hydrogen) atoms. The second kappa shape index (κ2) is 11.7. The van der Waals surface area contributed by atoms with Crippen molar-refractivity contribution >= 4 is 23.4 Å². The van der Waals surface area contributed by atoms with Gasteiger partial charge in [0.25, 0.3) is 0 Å². The van der Waals surface area contributed by atoms with Crippen LogP contribution in [0, 0.1) is 5.82 Å². The van der Waals surface area contributed by atoms with Gasteiger partial charge >= 0.3 is 0 Å². The first-order valence-electron chi connectivity index (χ1n) is 10.5. The van der Waals surface area contributed by atoms with Crippen LogP contribution in [0.4, 0.5) is 4.39 Å². The highest BCUT2D eigenvalue weighted by molar-refractivity contribution is 6.31. The van der Waals surface area contributed by atoms with E-state index in [4.69, 9.17) is 16.3 Å². The SMILES string of the molecule is CC[C@H](C(=O)N[C@@H](C)CC)N(Cc1ccc(OC)cc1)C(=O)Cc1c(F)cccc1Cl. The predicted molar refractivity (Wildman–Crippen MR) is 121 cm³/mol. The summed E-state index contributed by atoms with van der Waals surface area (Å²) in [6.45, 7) is 5.96. The molecule has 2 aromatic rings. The molecule has 0 saturated heterocycles. The van der Waals surface area contributed by atoms with Crippen molar-refractivity contribution in [3.8, 4) is 5.75 Å². The molecule has 168 valence electrons. The fraction of sp³-hybridized carbons (Fsp3) is 0.417. The van der Waals surface area contributed by atoms with E-state index in [1.54, 1.807) is 25.3 Å². The molecule has 2 amide bonds. The fourth-order valence-corrected chi connectivity index (χ4v) is 3.47. The van der Waals surface area contributed by atoms with Gasteiger partial charge in [0.05, 0.1) is 13.5 Å². The Balaban J connectivity index is 2.34. The van der Waals surface area contributed by atoms with Crippen molar-refractivity contribution in [2.24, 2.45) is 0 Å². The number of rotatable bonds is 10. The average Bonchev–Trinajstić information content (AvgIpc) is 2.76. The van der Waals surface area contributed by atoms with E-state index in [2.05, 4.69) is 5.32 Å². The van der Waals surface area contributed by atoms with Crippen LogP contribution in [-0.4, -0.2) is 35.9 Å². The van der Waals surface area contributed by atoms with Crippen LogP contribution in [0.2, 0.25) is 5.02 Å². The van der Waals surface area contributed by atoms with Gasteiger partial charge in [0.1, 0.15) is 17.6 Å². The molecule has 0 saturated carbocycles. The number of hydrogen-bond donors (Lipinski definition) is 1. The molecule has 2 atom stereocenters. The smallest absolute Gasteiger partial charge is 0.243 e. The van der Waals surface area contributed by atoms with Crippen molar-refractivity contribution in [3.63, 3.8) is 0 Å². The molecule has 7 heteroatoms. The molecule has 2 aromatic carbocycles. The van der Waals surface area contributed by atoms with Crippen LogP contribution in [0.15, 0.2) is 42.5 Å². The highest BCUT2D eigenvalue weighted by Gasteiger charge is 2.30. The summed E-state index contributed by atoms with van der Waals surface area (Å²) in [5.74, 6) is -0.434. The lowest BCUT2D eigenvalue weighted by atomic mass is 10.1. The van der Waals surface area contributed by atoms with Gasteiger partial charge in [0, 0.05) is 23.2 Å². The zero-order chi connectivity index (χ0) is 23.0. The van der Waals surface area contributed by atoms with Gasteiger partial charge in [-0.3, -0.25) is 9.59 Å². The normalized spacial score (nSPS) is 12.7. The van der Waals surface area contributed by atoms with Gasteiger partial charge in [-0.2, -0.15) is 0 Å². The quantitative estimate of drug-likeness (QED) is 0.570. The first kappa shape index (κ1) is 24.7. The van der Waals surface area contributed by atoms with Crippen LogP contribution >= 0.6 is 11.6 Å². The summed E-state index contributed by atoms with van der Waals surface area (Å²) in [7, 11) is 1.58. The highest BCUT2D eigenvalue weighted by atomic mass is 35.5. The summed E-state index contributed by atoms with van der Waals surface area (Å²) < 4.78 is 19.5. The van der Waals surface area contributed by atoms with Gasteiger partial charge in [-0.25, -0.2) is 4.39 Å². The molecule has 0 unspecified atom stereocenters. The molecule has 0 aliphatic carbocycles. The van der Waals surface area contributed by atoms with Crippen molar-refractivity contribution in [1.29, 1.82) is 0 Å². The van der Waals surface area contributed by atoms with Crippen LogP contribution in [-0.2, 0) is 22.6 Å². The van der Waals surface area contributed by atoms with Gasteiger partial charge in [-0.05, 0) is 49.6 Å². The summed E-state index contributed by atoms with van der Waals surface area (Å²) >= 11 is 6.13. The summed E-state index contributed by atoms with van der Waals surface area (Å²) in [6.07, 6.45) is 0.976. The topological polar surface area (TPSA) is 58.6 Å². The number of hydrogen-bond acceptors (Lipinski definition) is 3. The van der Waals surface area contributed by atoms with Crippen LogP contribution in [0.3, 0.4) is 0 Å². The lowest BCUT2D eigenvalue weighted by molar-refractivity contribution is -0.141. The number of benzene rings is 2. The van der Waals surface area contributed by atoms with E-state index in [1.807, 2.05) is 32.9 Å². The Hall–Kier alpha value is -2.60. The van der Waals surface area contributed by atoms with E-state index in [1.165, 1.54) is 17.0 Å². The third-order valence-electron chi connectivity index (χ3n) is 5.29. The highest BCUT2D eigenvalue weighted by Crippen LogP contribution is 2.22. The van der Waals surface area contributed by atoms with E-state index in [9.17, 15) is 14.0 Å². The van der Waals surface area contributed by atoms with Crippen molar-refractivity contribution in [2.75, 3.05) is 7.11 Å². The maximum absolute atomic E-state index is 14.3. The lowest BCUT2D eigenvalue weighted by Crippen LogP contribution is -2.51. The monoisotopic (exact) mass is 448 g/mol. The molecule has 0 bridgehead atoms. The van der Waals surface area contributed by atoms with Crippen molar-refractivity contribution < 1.29 is 18.7 Å². The van der Waals surface area contributed by atoms with Gasteiger partial charge in [0.2, 0.25) is 11.8 Å². The van der Waals surface area contributed by atoms with Crippen LogP contribution < -0.4 is 10.1 Å². The summed E-state index contributed by atoms with van der Waals surface area (Å²) in [6, 6.07) is 10.9. The summed E-state index contributed by atoms with van der Waals surface area (Å²) in [5.41, 5.74) is 0.967. The molecule has 0 fully saturated rings. The molecule has 1 N–H and O–H groups in total. The first-order chi connectivity index (χ1) is 14.8. The number of nitrogens with zero attached hydrogens (tertiary/aromatic N) is 1. The minimum atomic E-state index is -0.686. The first-order valence-corrected chi connectivity index (χ1v) is 10.8. The van der Waals surface area contributed by atoms with Gasteiger partial charge < -0.3 is 15.0 Å². The Labute approximate surface area is 188 Å². The van der Waals surface area contributed by atoms with Gasteiger partial charge in [-0.15, -0.1) is 0 Å². The minimum Gasteiger partial charge on any atom is -0.497 e. The maximum Gasteiger partial charge on any atom is 0.243 e. The summed E-state index contributed by atoms with van der Waals surface area (Å²) in [4.78, 5) is 27.7. The van der Waals surface area contributed by atoms with E-state index in [0.717, 1.165) is 12.0 Å². The summed E-state index contributed by atoms with van der Waals surface area (Å²) in [5, 5.41) is 3.14. The molecule has 2 rings (SSSR count). The number of carbonyl (C=O) groups is 2. The Bertz CT molecular complexity index is 869. The van der Waals surface area contributed by atoms with E-state index in [0.29, 0.717) is 12.2 Å². The second-order valence-corrected chi connectivity index (χ2v) is 7.90. The average molecular weight is 449 g/mol. The Kier molecular flexibility index (Phi) is 9.31. The van der Waals surface area contributed by atoms with E-state index >= 15 is 0 Å². The van der Waals surface area contributed by atoms with Crippen molar-refractivity contribution in [2.45, 2.75) is 58.7 Å². The number of methoxy groups -OCH3 is 1. The number of amides is 2. The molecule has 0 aromatic heterocycles. The van der Waals surface area contributed by atoms with E-state index < -0.39 is 11.9 Å². The lowest BCUT2D eigenvalue weighted by Gasteiger charge is -2.31. The number of nitrogens with one attached hydrogen (secondary N) is 1. The zero-order valence-corrected chi connectivity index (χ0v) is 19.2. The molecular formula is C24H30ClFN2O3. The Morgan fingerprint density at radius 2 is 1.81 bits per heavy atom. The van der Waals surface area contributed by atoms with Crippen LogP contribution in [0.25, 0.3) is 0 Å². The molecule has 0 heterocycles. The molecule has 0 aliphatic rings. The van der Waals surface area contributed by atoms with Crippen molar-refractivity contribution in [1.82, 2.24) is 10.2 Å². The van der Waals surface area contributed by atoms with E-state index in [-0.39, 0.29) is 41.4 Å². The van der Waals surface area contributed by atoms with Gasteiger partial charge in [-0.1, -0.05) is 43.6 Å². The molecule has 5 nitrogen and oxygen atoms in total. The fourth-order valence-electron chi connectivity index (χ4n) is 3.24. The van der Waals surface area contributed by atoms with Crippen molar-refractivity contribution in [3.05, 3.63) is 64.4 Å². The standard InChI is InChI=1S/C24H30ClFN2O3/c1-5-16(3)27-24(30)22(6-2)28(15-17-10-12-18(31-4)13-11-17)23(29)14-19-20(25)8-7-9-21(19)26/h7-13,16,22H,5-6,14-15H2,1-4H3,(H,27,30)/t16-,22+/m0/s1. The number of ether oxygens (including phenoxy) is 1. The van der Waals surface area contributed by atoms with Gasteiger partial charge in [0.15, 0.2) is 0 Å². The zero-order valence-electron chi connectivity index (χ0n) is 18.5. The molecule has 0 spiro atoms. The number of carbonyl (C=O) groups excluding carboxylic acids is 2. The third kappa shape index (κ3) is 6.69. The van der Waals surface area contributed by atoms with Crippen LogP contribution in [0.5, 0.6) is 5.75 Å². The largest absolute Gasteiger partial charge is 0.497 e. The minimum absolute atomic E-state index is 0.0134. The molecular weight excluding hydrogens is 419 g/mol. The molecule has 0 aliphatic heterocycles. The Morgan fingerprint density at radius 1 is 1.13 bits per heavy atom. The molecule has 0 radical (unpaired) electrons. The Morgan fingerprint density at radius 3 is 2.35 bits per heavy atom. The second-order valence-electron chi connectivity index (χ2n) is 7.49. The van der Waals surface area contributed by atoms with Crippen LogP contribution in [0.1, 0.15) is 44.7 Å². The third-order valence-corrected chi connectivity index (χ3v) is 5.64. The number of halogens is 2.